The van der Waals surface area contributed by atoms with Crippen molar-refractivity contribution < 1.29 is 27.1 Å². The van der Waals surface area contributed by atoms with Crippen LogP contribution in [0.15, 0.2) is 30.6 Å². The molecule has 1 aliphatic carbocycles. The minimum atomic E-state index is -4.65. The summed E-state index contributed by atoms with van der Waals surface area (Å²) in [6, 6.07) is 4.45. The number of aromatic nitrogens is 5. The molecule has 224 valence electrons. The van der Waals surface area contributed by atoms with E-state index in [1.807, 2.05) is 0 Å². The molecule has 2 atom stereocenters. The van der Waals surface area contributed by atoms with Gasteiger partial charge >= 0.3 is 6.18 Å². The van der Waals surface area contributed by atoms with Crippen LogP contribution in [0.5, 0.6) is 5.75 Å². The number of benzene rings is 1. The molecule has 0 N–H and O–H groups in total. The maximum atomic E-state index is 14.8. The van der Waals surface area contributed by atoms with E-state index in [1.54, 1.807) is 18.5 Å². The molecule has 1 saturated carbocycles. The average molecular weight is 608 g/mol. The number of ether oxygens (including phenoxy) is 1. The first-order valence-corrected chi connectivity index (χ1v) is 14.4. The SMILES string of the molecule is O=C(Cc1ccc(OCC[C@@H]2CC2C2CCN(c3ncc(Cl)cn3)CC2)cc1F)N1CCn2nc(C(F)(F)F)nc2C1. The van der Waals surface area contributed by atoms with Crippen LogP contribution >= 0.6 is 11.6 Å². The second-order valence-corrected chi connectivity index (χ2v) is 11.6. The van der Waals surface area contributed by atoms with Crippen LogP contribution in [0.1, 0.15) is 42.9 Å². The van der Waals surface area contributed by atoms with Crippen molar-refractivity contribution in [3.8, 4) is 5.75 Å². The third-order valence-corrected chi connectivity index (χ3v) is 8.60. The predicted molar refractivity (Wildman–Crippen MR) is 144 cm³/mol. The van der Waals surface area contributed by atoms with Gasteiger partial charge in [-0.15, -0.1) is 5.10 Å². The Bertz CT molecular complexity index is 1430. The van der Waals surface area contributed by atoms with Crippen molar-refractivity contribution in [2.75, 3.05) is 31.1 Å². The van der Waals surface area contributed by atoms with Crippen LogP contribution in [0.25, 0.3) is 0 Å². The molecule has 6 rings (SSSR count). The van der Waals surface area contributed by atoms with Gasteiger partial charge < -0.3 is 14.5 Å². The third kappa shape index (κ3) is 6.45. The first-order valence-electron chi connectivity index (χ1n) is 14.1. The van der Waals surface area contributed by atoms with E-state index in [9.17, 15) is 22.4 Å². The lowest BCUT2D eigenvalue weighted by molar-refractivity contribution is -0.145. The van der Waals surface area contributed by atoms with Gasteiger partial charge in [0.15, 0.2) is 0 Å². The van der Waals surface area contributed by atoms with Gasteiger partial charge in [0.1, 0.15) is 17.4 Å². The highest BCUT2D eigenvalue weighted by molar-refractivity contribution is 6.30. The van der Waals surface area contributed by atoms with Crippen LogP contribution in [0, 0.1) is 23.6 Å². The summed E-state index contributed by atoms with van der Waals surface area (Å²) >= 11 is 5.89. The minimum Gasteiger partial charge on any atom is -0.493 e. The predicted octanol–water partition coefficient (Wildman–Crippen LogP) is 4.79. The molecule has 0 bridgehead atoms. The first-order chi connectivity index (χ1) is 20.1. The number of hydrogen-bond acceptors (Lipinski definition) is 7. The lowest BCUT2D eigenvalue weighted by Gasteiger charge is -2.32. The summed E-state index contributed by atoms with van der Waals surface area (Å²) in [5, 5.41) is 3.99. The van der Waals surface area contributed by atoms with E-state index < -0.39 is 23.7 Å². The van der Waals surface area contributed by atoms with Crippen LogP contribution in [-0.4, -0.2) is 61.8 Å². The molecular weight excluding hydrogens is 578 g/mol. The molecule has 1 saturated heterocycles. The highest BCUT2D eigenvalue weighted by atomic mass is 35.5. The second kappa shape index (κ2) is 11.7. The Labute approximate surface area is 244 Å². The van der Waals surface area contributed by atoms with Crippen molar-refractivity contribution in [2.45, 2.75) is 51.4 Å². The summed E-state index contributed by atoms with van der Waals surface area (Å²) in [6.45, 7) is 2.51. The number of alkyl halides is 3. The van der Waals surface area contributed by atoms with E-state index in [0.29, 0.717) is 35.1 Å². The van der Waals surface area contributed by atoms with E-state index in [4.69, 9.17) is 16.3 Å². The van der Waals surface area contributed by atoms with Crippen LogP contribution in [-0.2, 0) is 30.5 Å². The Balaban J connectivity index is 0.929. The summed E-state index contributed by atoms with van der Waals surface area (Å²) in [4.78, 5) is 28.5. The molecule has 2 aliphatic heterocycles. The number of fused-ring (bicyclic) bond motifs is 1. The van der Waals surface area contributed by atoms with Crippen molar-refractivity contribution in [3.63, 3.8) is 0 Å². The van der Waals surface area contributed by atoms with Crippen molar-refractivity contribution in [2.24, 2.45) is 17.8 Å². The standard InChI is InChI=1S/C28H30ClF4N7O2/c29-20-14-34-27(35-15-20)38-6-3-17(4-7-38)22-11-18(22)5-10-42-21-2-1-19(23(30)13-21)12-25(41)39-8-9-40-24(16-39)36-26(37-40)28(31,32)33/h1-2,13-15,17-18,22H,3-12,16H2/t18-,22?/m1/s1. The molecule has 42 heavy (non-hydrogen) atoms. The monoisotopic (exact) mass is 607 g/mol. The van der Waals surface area contributed by atoms with Gasteiger partial charge in [-0.3, -0.25) is 4.79 Å². The van der Waals surface area contributed by atoms with Crippen LogP contribution in [0.2, 0.25) is 5.02 Å². The molecule has 1 amide bonds. The molecule has 2 aromatic heterocycles. The van der Waals surface area contributed by atoms with Crippen molar-refractivity contribution >= 4 is 23.5 Å². The maximum Gasteiger partial charge on any atom is 0.453 e. The van der Waals surface area contributed by atoms with E-state index in [1.165, 1.54) is 23.5 Å². The van der Waals surface area contributed by atoms with Gasteiger partial charge in [0.05, 0.1) is 43.5 Å². The molecular formula is C28H30ClF4N7O2. The number of amides is 1. The zero-order valence-electron chi connectivity index (χ0n) is 22.7. The smallest absolute Gasteiger partial charge is 0.453 e. The topological polar surface area (TPSA) is 89.3 Å². The number of piperidine rings is 1. The molecule has 14 heteroatoms. The van der Waals surface area contributed by atoms with Gasteiger partial charge in [-0.1, -0.05) is 17.7 Å². The number of nitrogens with zero attached hydrogens (tertiary/aromatic N) is 7. The fourth-order valence-corrected chi connectivity index (χ4v) is 6.11. The van der Waals surface area contributed by atoms with Crippen molar-refractivity contribution in [1.29, 1.82) is 0 Å². The Hall–Kier alpha value is -3.48. The minimum absolute atomic E-state index is 0.0574. The fraction of sp³-hybridized carbons (Fsp3) is 0.536. The molecule has 0 radical (unpaired) electrons. The van der Waals surface area contributed by atoms with E-state index >= 15 is 0 Å². The van der Waals surface area contributed by atoms with Crippen molar-refractivity contribution in [1.82, 2.24) is 29.6 Å². The molecule has 3 aromatic rings. The zero-order chi connectivity index (χ0) is 29.4. The molecule has 1 unspecified atom stereocenters. The average Bonchev–Trinajstić information content (AvgIpc) is 3.60. The Morgan fingerprint density at radius 1 is 1.10 bits per heavy atom. The summed E-state index contributed by atoms with van der Waals surface area (Å²) in [5.74, 6) is 0.990. The largest absolute Gasteiger partial charge is 0.493 e. The number of anilines is 1. The molecule has 4 heterocycles. The van der Waals surface area contributed by atoms with Gasteiger partial charge in [-0.25, -0.2) is 24.0 Å². The number of carbonyl (C=O) groups is 1. The maximum absolute atomic E-state index is 14.8. The Morgan fingerprint density at radius 2 is 1.86 bits per heavy atom. The summed E-state index contributed by atoms with van der Waals surface area (Å²) in [6.07, 6.45) is 2.68. The van der Waals surface area contributed by atoms with E-state index in [0.717, 1.165) is 43.0 Å². The molecule has 0 spiro atoms. The number of rotatable bonds is 8. The number of hydrogen-bond donors (Lipinski definition) is 0. The highest BCUT2D eigenvalue weighted by Gasteiger charge is 2.43. The van der Waals surface area contributed by atoms with Gasteiger partial charge in [-0.2, -0.15) is 13.2 Å². The van der Waals surface area contributed by atoms with Gasteiger partial charge in [0.2, 0.25) is 11.9 Å². The first kappa shape index (κ1) is 28.6. The van der Waals surface area contributed by atoms with Gasteiger partial charge in [0, 0.05) is 25.7 Å². The highest BCUT2D eigenvalue weighted by Crippen LogP contribution is 2.50. The van der Waals surface area contributed by atoms with Crippen LogP contribution in [0.4, 0.5) is 23.5 Å². The van der Waals surface area contributed by atoms with Crippen LogP contribution in [0.3, 0.4) is 0 Å². The lowest BCUT2D eigenvalue weighted by atomic mass is 9.90. The second-order valence-electron chi connectivity index (χ2n) is 11.1. The van der Waals surface area contributed by atoms with Crippen molar-refractivity contribution in [3.05, 3.63) is 58.6 Å². The molecule has 2 fully saturated rings. The quantitative estimate of drug-likeness (QED) is 0.340. The normalized spacial score (nSPS) is 20.9. The van der Waals surface area contributed by atoms with E-state index in [-0.39, 0.29) is 37.4 Å². The fourth-order valence-electron chi connectivity index (χ4n) is 6.01. The van der Waals surface area contributed by atoms with Crippen LogP contribution < -0.4 is 9.64 Å². The summed E-state index contributed by atoms with van der Waals surface area (Å²) in [5.41, 5.74) is 0.202. The van der Waals surface area contributed by atoms with Gasteiger partial charge in [0.25, 0.3) is 5.82 Å². The zero-order valence-corrected chi connectivity index (χ0v) is 23.5. The number of halogens is 5. The number of carbonyl (C=O) groups excluding carboxylic acids is 1. The molecule has 1 aromatic carbocycles. The Kier molecular flexibility index (Phi) is 7.95. The molecule has 9 nitrogen and oxygen atoms in total. The summed E-state index contributed by atoms with van der Waals surface area (Å²) < 4.78 is 60.5. The molecule has 3 aliphatic rings. The third-order valence-electron chi connectivity index (χ3n) is 8.40. The lowest BCUT2D eigenvalue weighted by Crippen LogP contribution is -2.39. The summed E-state index contributed by atoms with van der Waals surface area (Å²) in [7, 11) is 0. The van der Waals surface area contributed by atoms with E-state index in [2.05, 4.69) is 25.0 Å². The van der Waals surface area contributed by atoms with Gasteiger partial charge in [-0.05, 0) is 55.1 Å². The Morgan fingerprint density at radius 3 is 2.57 bits per heavy atom.